The van der Waals surface area contributed by atoms with E-state index in [4.69, 9.17) is 17.2 Å². The van der Waals surface area contributed by atoms with Crippen molar-refractivity contribution in [2.24, 2.45) is 0 Å². The number of hydrogen-bond donors (Lipinski definition) is 3. The van der Waals surface area contributed by atoms with Crippen molar-refractivity contribution in [3.63, 3.8) is 0 Å². The lowest BCUT2D eigenvalue weighted by Gasteiger charge is -2.06. The first-order valence-corrected chi connectivity index (χ1v) is 3.59. The SMILES string of the molecule is COC(=O)c1cc(N)c(N)c(N)c1. The number of esters is 1. The molecule has 0 saturated heterocycles. The van der Waals surface area contributed by atoms with Crippen LogP contribution >= 0.6 is 0 Å². The van der Waals surface area contributed by atoms with Crippen LogP contribution in [-0.4, -0.2) is 13.1 Å². The van der Waals surface area contributed by atoms with Gasteiger partial charge >= 0.3 is 5.97 Å². The third kappa shape index (κ3) is 1.64. The summed E-state index contributed by atoms with van der Waals surface area (Å²) in [6.07, 6.45) is 0. The Hall–Kier alpha value is -1.91. The lowest BCUT2D eigenvalue weighted by atomic mass is 10.1. The highest BCUT2D eigenvalue weighted by atomic mass is 16.5. The van der Waals surface area contributed by atoms with Crippen LogP contribution < -0.4 is 17.2 Å². The summed E-state index contributed by atoms with van der Waals surface area (Å²) in [4.78, 5) is 11.1. The van der Waals surface area contributed by atoms with E-state index in [0.717, 1.165) is 0 Å². The summed E-state index contributed by atoms with van der Waals surface area (Å²) >= 11 is 0. The second-order valence-electron chi connectivity index (χ2n) is 2.56. The predicted molar refractivity (Wildman–Crippen MR) is 51.0 cm³/mol. The molecule has 5 nitrogen and oxygen atoms in total. The minimum Gasteiger partial charge on any atom is -0.465 e. The van der Waals surface area contributed by atoms with E-state index >= 15 is 0 Å². The van der Waals surface area contributed by atoms with Crippen LogP contribution in [0.4, 0.5) is 17.1 Å². The molecule has 0 atom stereocenters. The Morgan fingerprint density at radius 2 is 1.69 bits per heavy atom. The van der Waals surface area contributed by atoms with Crippen LogP contribution in [0.2, 0.25) is 0 Å². The average Bonchev–Trinajstić information content (AvgIpc) is 2.12. The van der Waals surface area contributed by atoms with E-state index in [1.54, 1.807) is 0 Å². The number of rotatable bonds is 1. The largest absolute Gasteiger partial charge is 0.465 e. The van der Waals surface area contributed by atoms with E-state index in [2.05, 4.69) is 4.74 Å². The van der Waals surface area contributed by atoms with Gasteiger partial charge in [0.05, 0.1) is 29.7 Å². The van der Waals surface area contributed by atoms with E-state index in [0.29, 0.717) is 5.56 Å². The summed E-state index contributed by atoms with van der Waals surface area (Å²) in [5.74, 6) is -0.488. The van der Waals surface area contributed by atoms with Crippen LogP contribution in [0.3, 0.4) is 0 Å². The van der Waals surface area contributed by atoms with Crippen LogP contribution in [0, 0.1) is 0 Å². The van der Waals surface area contributed by atoms with E-state index in [-0.39, 0.29) is 17.1 Å². The Morgan fingerprint density at radius 1 is 1.23 bits per heavy atom. The van der Waals surface area contributed by atoms with Crippen molar-refractivity contribution >= 4 is 23.0 Å². The van der Waals surface area contributed by atoms with Crippen LogP contribution in [0.1, 0.15) is 10.4 Å². The monoisotopic (exact) mass is 181 g/mol. The number of carbonyl (C=O) groups is 1. The normalized spacial score (nSPS) is 9.62. The van der Waals surface area contributed by atoms with Gasteiger partial charge in [0.1, 0.15) is 0 Å². The van der Waals surface area contributed by atoms with Gasteiger partial charge in [0.15, 0.2) is 0 Å². The van der Waals surface area contributed by atoms with Crippen molar-refractivity contribution < 1.29 is 9.53 Å². The van der Waals surface area contributed by atoms with E-state index in [1.807, 2.05) is 0 Å². The fourth-order valence-corrected chi connectivity index (χ4v) is 0.935. The number of carbonyl (C=O) groups excluding carboxylic acids is 1. The Morgan fingerprint density at radius 3 is 2.08 bits per heavy atom. The molecule has 1 rings (SSSR count). The van der Waals surface area contributed by atoms with Crippen molar-refractivity contribution in [3.8, 4) is 0 Å². The molecule has 0 aromatic heterocycles. The summed E-state index contributed by atoms with van der Waals surface area (Å²) in [5, 5.41) is 0. The first kappa shape index (κ1) is 9.18. The molecule has 5 heteroatoms. The molecule has 13 heavy (non-hydrogen) atoms. The van der Waals surface area contributed by atoms with Gasteiger partial charge in [-0.05, 0) is 12.1 Å². The number of ether oxygens (including phenoxy) is 1. The van der Waals surface area contributed by atoms with E-state index in [1.165, 1.54) is 19.2 Å². The minimum atomic E-state index is -0.488. The van der Waals surface area contributed by atoms with Gasteiger partial charge in [0.25, 0.3) is 0 Å². The molecule has 0 unspecified atom stereocenters. The molecule has 1 aromatic rings. The number of methoxy groups -OCH3 is 1. The highest BCUT2D eigenvalue weighted by Crippen LogP contribution is 2.24. The second-order valence-corrected chi connectivity index (χ2v) is 2.56. The Labute approximate surface area is 75.5 Å². The molecule has 6 N–H and O–H groups in total. The number of benzene rings is 1. The Kier molecular flexibility index (Phi) is 2.27. The lowest BCUT2D eigenvalue weighted by Crippen LogP contribution is -2.06. The van der Waals surface area contributed by atoms with Gasteiger partial charge in [-0.1, -0.05) is 0 Å². The summed E-state index contributed by atoms with van der Waals surface area (Å²) in [6.45, 7) is 0. The molecular formula is C8H11N3O2. The van der Waals surface area contributed by atoms with Gasteiger partial charge in [-0.2, -0.15) is 0 Å². The third-order valence-electron chi connectivity index (χ3n) is 1.67. The quantitative estimate of drug-likeness (QED) is 0.424. The molecule has 0 aliphatic carbocycles. The lowest BCUT2D eigenvalue weighted by molar-refractivity contribution is 0.0601. The Balaban J connectivity index is 3.20. The third-order valence-corrected chi connectivity index (χ3v) is 1.67. The van der Waals surface area contributed by atoms with Crippen molar-refractivity contribution in [2.45, 2.75) is 0 Å². The second kappa shape index (κ2) is 3.22. The zero-order valence-corrected chi connectivity index (χ0v) is 7.20. The summed E-state index contributed by atoms with van der Waals surface area (Å²) < 4.78 is 4.50. The molecule has 70 valence electrons. The minimum absolute atomic E-state index is 0.278. The van der Waals surface area contributed by atoms with Gasteiger partial charge in [0, 0.05) is 0 Å². The fourth-order valence-electron chi connectivity index (χ4n) is 0.935. The molecule has 0 spiro atoms. The van der Waals surface area contributed by atoms with Gasteiger partial charge in [0.2, 0.25) is 0 Å². The first-order chi connectivity index (χ1) is 6.06. The van der Waals surface area contributed by atoms with Crippen LogP contribution in [0.15, 0.2) is 12.1 Å². The number of hydrogen-bond acceptors (Lipinski definition) is 5. The maximum absolute atomic E-state index is 11.1. The molecule has 0 radical (unpaired) electrons. The number of nitrogens with two attached hydrogens (primary N) is 3. The van der Waals surface area contributed by atoms with E-state index < -0.39 is 5.97 Å². The maximum atomic E-state index is 11.1. The predicted octanol–water partition coefficient (Wildman–Crippen LogP) is 0.220. The smallest absolute Gasteiger partial charge is 0.338 e. The Bertz CT molecular complexity index is 326. The molecule has 0 amide bonds. The van der Waals surface area contributed by atoms with Crippen molar-refractivity contribution in [3.05, 3.63) is 17.7 Å². The first-order valence-electron chi connectivity index (χ1n) is 3.59. The van der Waals surface area contributed by atoms with Crippen LogP contribution in [0.5, 0.6) is 0 Å². The standard InChI is InChI=1S/C8H11N3O2/c1-13-8(12)4-2-5(9)7(11)6(10)3-4/h2-3H,9-11H2,1H3. The van der Waals surface area contributed by atoms with Crippen LogP contribution in [0.25, 0.3) is 0 Å². The topological polar surface area (TPSA) is 104 Å². The summed E-state index contributed by atoms with van der Waals surface area (Å²) in [6, 6.07) is 2.86. The zero-order valence-electron chi connectivity index (χ0n) is 7.20. The molecule has 0 fully saturated rings. The highest BCUT2D eigenvalue weighted by Gasteiger charge is 2.09. The molecule has 0 heterocycles. The summed E-state index contributed by atoms with van der Waals surface area (Å²) in [7, 11) is 1.28. The molecule has 0 saturated carbocycles. The molecule has 0 aliphatic rings. The van der Waals surface area contributed by atoms with Gasteiger partial charge < -0.3 is 21.9 Å². The zero-order chi connectivity index (χ0) is 10.0. The number of nitrogen functional groups attached to an aromatic ring is 3. The maximum Gasteiger partial charge on any atom is 0.338 e. The summed E-state index contributed by atoms with van der Waals surface area (Å²) in [5.41, 5.74) is 17.6. The fraction of sp³-hybridized carbons (Fsp3) is 0.125. The molecular weight excluding hydrogens is 170 g/mol. The van der Waals surface area contributed by atoms with Crippen molar-refractivity contribution in [1.82, 2.24) is 0 Å². The average molecular weight is 181 g/mol. The van der Waals surface area contributed by atoms with Crippen LogP contribution in [-0.2, 0) is 4.74 Å². The highest BCUT2D eigenvalue weighted by molar-refractivity contribution is 5.94. The van der Waals surface area contributed by atoms with E-state index in [9.17, 15) is 4.79 Å². The number of anilines is 3. The molecule has 0 aliphatic heterocycles. The molecule has 0 bridgehead atoms. The van der Waals surface area contributed by atoms with Crippen molar-refractivity contribution in [2.75, 3.05) is 24.3 Å². The van der Waals surface area contributed by atoms with Gasteiger partial charge in [-0.25, -0.2) is 4.79 Å². The van der Waals surface area contributed by atoms with Gasteiger partial charge in [-0.15, -0.1) is 0 Å². The van der Waals surface area contributed by atoms with Crippen molar-refractivity contribution in [1.29, 1.82) is 0 Å². The molecule has 1 aromatic carbocycles. The van der Waals surface area contributed by atoms with Gasteiger partial charge in [-0.3, -0.25) is 0 Å².